The normalized spacial score (nSPS) is 13.9. The number of nitrogens with one attached hydrogen (secondary N) is 1. The molecule has 1 aromatic carbocycles. The Bertz CT molecular complexity index is 804. The van der Waals surface area contributed by atoms with Gasteiger partial charge in [-0.2, -0.15) is 0 Å². The lowest BCUT2D eigenvalue weighted by Crippen LogP contribution is -2.10. The number of rotatable bonds is 5. The van der Waals surface area contributed by atoms with Crippen molar-refractivity contribution in [1.29, 1.82) is 0 Å². The molecule has 2 heterocycles. The van der Waals surface area contributed by atoms with Gasteiger partial charge < -0.3 is 9.88 Å². The highest BCUT2D eigenvalue weighted by molar-refractivity contribution is 7.13. The minimum atomic E-state index is -0.0863. The van der Waals surface area contributed by atoms with E-state index in [2.05, 4.69) is 15.3 Å². The van der Waals surface area contributed by atoms with Crippen LogP contribution in [0.2, 0.25) is 0 Å². The Morgan fingerprint density at radius 2 is 2.13 bits per heavy atom. The first-order valence-corrected chi connectivity index (χ1v) is 8.41. The summed E-state index contributed by atoms with van der Waals surface area (Å²) in [4.78, 5) is 21.3. The quantitative estimate of drug-likeness (QED) is 0.781. The summed E-state index contributed by atoms with van der Waals surface area (Å²) in [7, 11) is 0. The van der Waals surface area contributed by atoms with Crippen LogP contribution in [-0.4, -0.2) is 20.4 Å². The maximum Gasteiger partial charge on any atom is 0.267 e. The van der Waals surface area contributed by atoms with Gasteiger partial charge in [-0.05, 0) is 30.5 Å². The average molecular weight is 324 g/mol. The molecule has 1 aliphatic carbocycles. The average Bonchev–Trinajstić information content (AvgIpc) is 3.08. The van der Waals surface area contributed by atoms with Crippen molar-refractivity contribution < 1.29 is 4.79 Å². The largest absolute Gasteiger partial charge is 0.333 e. The summed E-state index contributed by atoms with van der Waals surface area (Å²) in [6, 6.07) is 7.87. The number of anilines is 1. The fourth-order valence-electron chi connectivity index (χ4n) is 2.39. The minimum absolute atomic E-state index is 0.0863. The van der Waals surface area contributed by atoms with E-state index in [1.54, 1.807) is 18.7 Å². The molecule has 0 atom stereocenters. The van der Waals surface area contributed by atoms with E-state index in [0.717, 1.165) is 22.8 Å². The van der Waals surface area contributed by atoms with Gasteiger partial charge in [0, 0.05) is 30.5 Å². The molecule has 1 fully saturated rings. The fourth-order valence-corrected chi connectivity index (χ4v) is 3.37. The highest BCUT2D eigenvalue weighted by atomic mass is 32.1. The molecular weight excluding hydrogens is 308 g/mol. The second-order valence-corrected chi connectivity index (χ2v) is 6.79. The number of carbonyl (C=O) groups excluding carboxylic acids is 1. The van der Waals surface area contributed by atoms with E-state index in [-0.39, 0.29) is 5.91 Å². The molecule has 2 aromatic heterocycles. The van der Waals surface area contributed by atoms with Crippen LogP contribution < -0.4 is 5.32 Å². The Hall–Kier alpha value is -2.47. The van der Waals surface area contributed by atoms with Crippen LogP contribution in [0.1, 0.15) is 39.0 Å². The van der Waals surface area contributed by atoms with Crippen molar-refractivity contribution in [3.05, 3.63) is 64.6 Å². The van der Waals surface area contributed by atoms with Crippen molar-refractivity contribution in [3.8, 4) is 0 Å². The molecule has 1 N–H and O–H groups in total. The third-order valence-electron chi connectivity index (χ3n) is 3.81. The van der Waals surface area contributed by atoms with E-state index >= 15 is 0 Å². The first-order valence-electron chi connectivity index (χ1n) is 7.60. The van der Waals surface area contributed by atoms with E-state index in [1.165, 1.54) is 24.2 Å². The minimum Gasteiger partial charge on any atom is -0.333 e. The molecule has 0 unspecified atom stereocenters. The third-order valence-corrected chi connectivity index (χ3v) is 4.97. The number of amides is 1. The molecule has 116 valence electrons. The topological polar surface area (TPSA) is 59.8 Å². The monoisotopic (exact) mass is 324 g/mol. The maximum absolute atomic E-state index is 12.3. The molecule has 4 rings (SSSR count). The summed E-state index contributed by atoms with van der Waals surface area (Å²) in [6.45, 7) is 0.772. The number of aromatic nitrogens is 3. The molecule has 1 aliphatic rings. The number of nitrogens with zero attached hydrogens (tertiary/aromatic N) is 3. The SMILES string of the molecule is O=C(Nc1ccc(Cn2ccnc2)cc1)c1cnc(C2CC2)s1. The van der Waals surface area contributed by atoms with Gasteiger partial charge in [0.1, 0.15) is 4.88 Å². The van der Waals surface area contributed by atoms with Gasteiger partial charge in [0.05, 0.1) is 17.5 Å². The number of imidazole rings is 1. The summed E-state index contributed by atoms with van der Waals surface area (Å²) < 4.78 is 2.00. The van der Waals surface area contributed by atoms with Crippen LogP contribution in [0.3, 0.4) is 0 Å². The molecule has 0 spiro atoms. The molecule has 0 saturated heterocycles. The van der Waals surface area contributed by atoms with Crippen LogP contribution in [0.5, 0.6) is 0 Å². The Labute approximate surface area is 138 Å². The zero-order valence-corrected chi connectivity index (χ0v) is 13.3. The van der Waals surface area contributed by atoms with Gasteiger partial charge in [-0.3, -0.25) is 4.79 Å². The third kappa shape index (κ3) is 3.32. The second-order valence-electron chi connectivity index (χ2n) is 5.72. The predicted molar refractivity (Wildman–Crippen MR) is 89.8 cm³/mol. The summed E-state index contributed by atoms with van der Waals surface area (Å²) >= 11 is 1.50. The van der Waals surface area contributed by atoms with Gasteiger partial charge in [-0.15, -0.1) is 11.3 Å². The Balaban J connectivity index is 1.40. The van der Waals surface area contributed by atoms with Crippen molar-refractivity contribution in [2.45, 2.75) is 25.3 Å². The van der Waals surface area contributed by atoms with Gasteiger partial charge in [0.25, 0.3) is 5.91 Å². The van der Waals surface area contributed by atoms with Crippen molar-refractivity contribution in [2.75, 3.05) is 5.32 Å². The van der Waals surface area contributed by atoms with Crippen LogP contribution in [0.4, 0.5) is 5.69 Å². The Kier molecular flexibility index (Phi) is 3.67. The molecule has 0 radical (unpaired) electrons. The molecule has 3 aromatic rings. The summed E-state index contributed by atoms with van der Waals surface area (Å²) in [5.74, 6) is 0.501. The number of carbonyl (C=O) groups is 1. The van der Waals surface area contributed by atoms with E-state index in [9.17, 15) is 4.79 Å². The van der Waals surface area contributed by atoms with Crippen molar-refractivity contribution in [1.82, 2.24) is 14.5 Å². The standard InChI is InChI=1S/C17H16N4OS/c22-16(15-9-19-17(23-15)13-3-4-13)20-14-5-1-12(2-6-14)10-21-8-7-18-11-21/h1-2,5-9,11,13H,3-4,10H2,(H,20,22). The van der Waals surface area contributed by atoms with E-state index in [4.69, 9.17) is 0 Å². The molecule has 0 bridgehead atoms. The Morgan fingerprint density at radius 3 is 2.83 bits per heavy atom. The van der Waals surface area contributed by atoms with Crippen LogP contribution >= 0.6 is 11.3 Å². The molecule has 1 saturated carbocycles. The van der Waals surface area contributed by atoms with Crippen molar-refractivity contribution in [3.63, 3.8) is 0 Å². The molecular formula is C17H16N4OS. The zero-order chi connectivity index (χ0) is 15.6. The van der Waals surface area contributed by atoms with Gasteiger partial charge in [-0.1, -0.05) is 12.1 Å². The van der Waals surface area contributed by atoms with E-state index in [0.29, 0.717) is 10.8 Å². The highest BCUT2D eigenvalue weighted by Crippen LogP contribution is 2.41. The van der Waals surface area contributed by atoms with Crippen LogP contribution in [-0.2, 0) is 6.54 Å². The number of hydrogen-bond acceptors (Lipinski definition) is 4. The van der Waals surface area contributed by atoms with Crippen LogP contribution in [0, 0.1) is 0 Å². The molecule has 0 aliphatic heterocycles. The number of thiazole rings is 1. The fraction of sp³-hybridized carbons (Fsp3) is 0.235. The second kappa shape index (κ2) is 5.96. The van der Waals surface area contributed by atoms with Crippen molar-refractivity contribution in [2.24, 2.45) is 0 Å². The first-order chi connectivity index (χ1) is 11.3. The van der Waals surface area contributed by atoms with Gasteiger partial charge in [0.2, 0.25) is 0 Å². The van der Waals surface area contributed by atoms with Gasteiger partial charge in [-0.25, -0.2) is 9.97 Å². The smallest absolute Gasteiger partial charge is 0.267 e. The molecule has 5 nitrogen and oxygen atoms in total. The summed E-state index contributed by atoms with van der Waals surface area (Å²) in [6.07, 6.45) is 9.56. The number of hydrogen-bond donors (Lipinski definition) is 1. The van der Waals surface area contributed by atoms with E-state index in [1.807, 2.05) is 35.0 Å². The molecule has 1 amide bonds. The molecule has 6 heteroatoms. The number of benzene rings is 1. The predicted octanol–water partition coefficient (Wildman–Crippen LogP) is 3.52. The van der Waals surface area contributed by atoms with Crippen LogP contribution in [0.25, 0.3) is 0 Å². The zero-order valence-electron chi connectivity index (χ0n) is 12.5. The van der Waals surface area contributed by atoms with Gasteiger partial charge >= 0.3 is 0 Å². The van der Waals surface area contributed by atoms with Crippen LogP contribution in [0.15, 0.2) is 49.2 Å². The lowest BCUT2D eigenvalue weighted by molar-refractivity contribution is 0.103. The maximum atomic E-state index is 12.3. The lowest BCUT2D eigenvalue weighted by atomic mass is 10.2. The van der Waals surface area contributed by atoms with Gasteiger partial charge in [0.15, 0.2) is 0 Å². The van der Waals surface area contributed by atoms with Crippen molar-refractivity contribution >= 4 is 22.9 Å². The first kappa shape index (κ1) is 14.1. The lowest BCUT2D eigenvalue weighted by Gasteiger charge is -2.06. The summed E-state index contributed by atoms with van der Waals surface area (Å²) in [5, 5.41) is 4.02. The Morgan fingerprint density at radius 1 is 1.30 bits per heavy atom. The highest BCUT2D eigenvalue weighted by Gasteiger charge is 2.27. The van der Waals surface area contributed by atoms with E-state index < -0.39 is 0 Å². The summed E-state index contributed by atoms with van der Waals surface area (Å²) in [5.41, 5.74) is 1.96. The molecule has 23 heavy (non-hydrogen) atoms.